The van der Waals surface area contributed by atoms with E-state index in [1.54, 1.807) is 0 Å². The number of carbonyl (C=O) groups is 1. The van der Waals surface area contributed by atoms with E-state index in [-0.39, 0.29) is 11.3 Å². The van der Waals surface area contributed by atoms with Crippen LogP contribution in [0.15, 0.2) is 24.3 Å². The van der Waals surface area contributed by atoms with Crippen molar-refractivity contribution in [3.05, 3.63) is 34.9 Å². The summed E-state index contributed by atoms with van der Waals surface area (Å²) in [5.41, 5.74) is 0.130. The third-order valence-electron chi connectivity index (χ3n) is 4.68. The number of halogens is 1. The Morgan fingerprint density at radius 3 is 2.20 bits per heavy atom. The van der Waals surface area contributed by atoms with E-state index in [1.165, 1.54) is 0 Å². The molecule has 0 unspecified atom stereocenters. The molecule has 1 heterocycles. The predicted octanol–water partition coefficient (Wildman–Crippen LogP) is 2.75. The van der Waals surface area contributed by atoms with Gasteiger partial charge in [-0.2, -0.15) is 0 Å². The molecule has 1 saturated heterocycles. The van der Waals surface area contributed by atoms with Crippen LogP contribution in [0.25, 0.3) is 0 Å². The number of rotatable bonds is 2. The molecule has 1 aromatic carbocycles. The van der Waals surface area contributed by atoms with Gasteiger partial charge in [0.2, 0.25) is 5.91 Å². The molecule has 20 heavy (non-hydrogen) atoms. The lowest BCUT2D eigenvalue weighted by molar-refractivity contribution is -0.137. The number of amides is 1. The molecule has 3 nitrogen and oxygen atoms in total. The Kier molecular flexibility index (Phi) is 3.30. The van der Waals surface area contributed by atoms with Crippen LogP contribution in [0.1, 0.15) is 38.2 Å². The number of hydrogen-bond donors (Lipinski definition) is 1. The Bertz CT molecular complexity index is 510. The van der Waals surface area contributed by atoms with E-state index in [9.17, 15) is 9.90 Å². The summed E-state index contributed by atoms with van der Waals surface area (Å²) in [7, 11) is 0. The summed E-state index contributed by atoms with van der Waals surface area (Å²) in [5, 5.41) is 10.7. The van der Waals surface area contributed by atoms with Crippen molar-refractivity contribution >= 4 is 17.5 Å². The number of nitrogens with zero attached hydrogens (tertiary/aromatic N) is 1. The summed E-state index contributed by atoms with van der Waals surface area (Å²) in [4.78, 5) is 14.7. The maximum absolute atomic E-state index is 12.8. The van der Waals surface area contributed by atoms with Crippen molar-refractivity contribution in [2.24, 2.45) is 0 Å². The number of benzene rings is 1. The summed E-state index contributed by atoms with van der Waals surface area (Å²) in [6.07, 6.45) is 3.16. The molecular weight excluding hydrogens is 274 g/mol. The molecule has 1 aliphatic heterocycles. The first-order chi connectivity index (χ1) is 9.43. The summed E-state index contributed by atoms with van der Waals surface area (Å²) in [6.45, 7) is 3.16. The van der Waals surface area contributed by atoms with Crippen LogP contribution in [-0.2, 0) is 10.2 Å². The zero-order chi connectivity index (χ0) is 14.4. The minimum absolute atomic E-state index is 0.218. The van der Waals surface area contributed by atoms with Gasteiger partial charge >= 0.3 is 0 Å². The minimum atomic E-state index is -0.617. The van der Waals surface area contributed by atoms with E-state index in [1.807, 2.05) is 36.1 Å². The quantitative estimate of drug-likeness (QED) is 0.911. The second kappa shape index (κ2) is 4.74. The number of likely N-dealkylation sites (tertiary alicyclic amines) is 1. The molecule has 3 rings (SSSR count). The highest BCUT2D eigenvalue weighted by Gasteiger charge is 2.53. The van der Waals surface area contributed by atoms with Crippen LogP contribution in [0.2, 0.25) is 5.02 Å². The van der Waals surface area contributed by atoms with Gasteiger partial charge in [0.1, 0.15) is 0 Å². The molecule has 1 saturated carbocycles. The van der Waals surface area contributed by atoms with Crippen LogP contribution in [0.5, 0.6) is 0 Å². The van der Waals surface area contributed by atoms with E-state index >= 15 is 0 Å². The van der Waals surface area contributed by atoms with Crippen LogP contribution in [0.4, 0.5) is 0 Å². The van der Waals surface area contributed by atoms with E-state index in [4.69, 9.17) is 11.6 Å². The first kappa shape index (κ1) is 13.9. The maximum atomic E-state index is 12.8. The zero-order valence-corrected chi connectivity index (χ0v) is 12.5. The van der Waals surface area contributed by atoms with Gasteiger partial charge in [0.05, 0.1) is 11.0 Å². The highest BCUT2D eigenvalue weighted by atomic mass is 35.5. The van der Waals surface area contributed by atoms with Gasteiger partial charge < -0.3 is 10.0 Å². The molecule has 1 aliphatic carbocycles. The van der Waals surface area contributed by atoms with Gasteiger partial charge in [-0.1, -0.05) is 23.7 Å². The lowest BCUT2D eigenvalue weighted by atomic mass is 9.90. The summed E-state index contributed by atoms with van der Waals surface area (Å²) in [5.74, 6) is 0.218. The van der Waals surface area contributed by atoms with E-state index < -0.39 is 5.60 Å². The Morgan fingerprint density at radius 1 is 1.15 bits per heavy atom. The Labute approximate surface area is 124 Å². The number of hydrogen-bond acceptors (Lipinski definition) is 2. The average Bonchev–Trinajstić information content (AvgIpc) is 3.20. The lowest BCUT2D eigenvalue weighted by Crippen LogP contribution is -2.48. The second-order valence-electron chi connectivity index (χ2n) is 6.38. The van der Waals surface area contributed by atoms with Crippen molar-refractivity contribution in [1.29, 1.82) is 0 Å². The standard InChI is InChI=1S/C16H20ClNO2/c1-15(20)8-10-18(11-9-15)14(19)16(6-7-16)12-2-4-13(17)5-3-12/h2-5,20H,6-11H2,1H3. The number of piperidine rings is 1. The van der Waals surface area contributed by atoms with Gasteiger partial charge in [-0.15, -0.1) is 0 Å². The summed E-state index contributed by atoms with van der Waals surface area (Å²) >= 11 is 5.92. The molecule has 2 aliphatic rings. The smallest absolute Gasteiger partial charge is 0.233 e. The van der Waals surface area contributed by atoms with Crippen molar-refractivity contribution in [2.75, 3.05) is 13.1 Å². The Hall–Kier alpha value is -1.06. The Balaban J connectivity index is 1.75. The highest BCUT2D eigenvalue weighted by molar-refractivity contribution is 6.30. The first-order valence-corrected chi connectivity index (χ1v) is 7.59. The molecule has 0 bridgehead atoms. The molecule has 0 atom stereocenters. The average molecular weight is 294 g/mol. The van der Waals surface area contributed by atoms with Gasteiger partial charge in [-0.25, -0.2) is 0 Å². The van der Waals surface area contributed by atoms with Gasteiger partial charge in [0.25, 0.3) is 0 Å². The van der Waals surface area contributed by atoms with Gasteiger partial charge in [-0.3, -0.25) is 4.79 Å². The fourth-order valence-electron chi connectivity index (χ4n) is 3.01. The van der Waals surface area contributed by atoms with E-state index in [0.29, 0.717) is 31.0 Å². The summed E-state index contributed by atoms with van der Waals surface area (Å²) in [6, 6.07) is 7.64. The van der Waals surface area contributed by atoms with Crippen molar-refractivity contribution < 1.29 is 9.90 Å². The SMILES string of the molecule is CC1(O)CCN(C(=O)C2(c3ccc(Cl)cc3)CC2)CC1. The van der Waals surface area contributed by atoms with Gasteiger partial charge in [0.15, 0.2) is 0 Å². The molecule has 0 spiro atoms. The largest absolute Gasteiger partial charge is 0.390 e. The molecule has 1 aromatic rings. The van der Waals surface area contributed by atoms with Crippen LogP contribution in [0, 0.1) is 0 Å². The molecule has 108 valence electrons. The van der Waals surface area contributed by atoms with Gasteiger partial charge in [0, 0.05) is 18.1 Å². The number of carbonyl (C=O) groups excluding carboxylic acids is 1. The van der Waals surface area contributed by atoms with Crippen molar-refractivity contribution in [3.8, 4) is 0 Å². The third kappa shape index (κ3) is 2.45. The van der Waals surface area contributed by atoms with Crippen molar-refractivity contribution in [3.63, 3.8) is 0 Å². The molecule has 0 radical (unpaired) electrons. The lowest BCUT2D eigenvalue weighted by Gasteiger charge is -2.37. The van der Waals surface area contributed by atoms with Crippen LogP contribution < -0.4 is 0 Å². The monoisotopic (exact) mass is 293 g/mol. The topological polar surface area (TPSA) is 40.5 Å². The minimum Gasteiger partial charge on any atom is -0.390 e. The molecule has 1 N–H and O–H groups in total. The highest BCUT2D eigenvalue weighted by Crippen LogP contribution is 2.50. The van der Waals surface area contributed by atoms with E-state index in [0.717, 1.165) is 18.4 Å². The molecule has 0 aromatic heterocycles. The van der Waals surface area contributed by atoms with Crippen LogP contribution >= 0.6 is 11.6 Å². The van der Waals surface area contributed by atoms with Crippen LogP contribution in [0.3, 0.4) is 0 Å². The Morgan fingerprint density at radius 2 is 1.70 bits per heavy atom. The third-order valence-corrected chi connectivity index (χ3v) is 4.94. The molecule has 2 fully saturated rings. The number of aliphatic hydroxyl groups is 1. The second-order valence-corrected chi connectivity index (χ2v) is 6.81. The van der Waals surface area contributed by atoms with Crippen LogP contribution in [-0.4, -0.2) is 34.6 Å². The maximum Gasteiger partial charge on any atom is 0.233 e. The zero-order valence-electron chi connectivity index (χ0n) is 11.7. The van der Waals surface area contributed by atoms with Gasteiger partial charge in [-0.05, 0) is 50.3 Å². The van der Waals surface area contributed by atoms with Crippen molar-refractivity contribution in [1.82, 2.24) is 4.90 Å². The van der Waals surface area contributed by atoms with E-state index in [2.05, 4.69) is 0 Å². The normalized spacial score (nSPS) is 23.4. The summed E-state index contributed by atoms with van der Waals surface area (Å²) < 4.78 is 0. The predicted molar refractivity (Wildman–Crippen MR) is 78.8 cm³/mol. The first-order valence-electron chi connectivity index (χ1n) is 7.21. The molecule has 4 heteroatoms. The van der Waals surface area contributed by atoms with Crippen molar-refractivity contribution in [2.45, 2.75) is 43.6 Å². The fraction of sp³-hybridized carbons (Fsp3) is 0.562. The molecular formula is C16H20ClNO2. The fourth-order valence-corrected chi connectivity index (χ4v) is 3.14. The molecule has 1 amide bonds.